The number of anilines is 1. The van der Waals surface area contributed by atoms with Gasteiger partial charge in [-0.2, -0.15) is 0 Å². The van der Waals surface area contributed by atoms with E-state index in [4.69, 9.17) is 9.47 Å². The Balaban J connectivity index is 1.28. The number of carbonyl (C=O) groups is 1. The maximum Gasteiger partial charge on any atom is 0.319 e. The molecule has 30 heavy (non-hydrogen) atoms. The van der Waals surface area contributed by atoms with Crippen molar-refractivity contribution in [2.24, 2.45) is 0 Å². The molecule has 3 aromatic rings. The van der Waals surface area contributed by atoms with Gasteiger partial charge in [0, 0.05) is 30.2 Å². The molecule has 0 unspecified atom stereocenters. The SMILES string of the molecule is O=C(NCCc1cc(F)cc2c1OCOC2)Nc1ccc(Cc2ccncc2)cc1. The summed E-state index contributed by atoms with van der Waals surface area (Å²) in [6.45, 7) is 0.827. The molecule has 0 spiro atoms. The molecule has 0 bridgehead atoms. The number of halogens is 1. The van der Waals surface area contributed by atoms with Crippen LogP contribution in [-0.2, 0) is 24.2 Å². The highest BCUT2D eigenvalue weighted by atomic mass is 19.1. The summed E-state index contributed by atoms with van der Waals surface area (Å²) in [4.78, 5) is 16.2. The molecule has 0 saturated carbocycles. The minimum Gasteiger partial charge on any atom is -0.467 e. The molecule has 1 aliphatic heterocycles. The van der Waals surface area contributed by atoms with Crippen molar-refractivity contribution in [3.05, 3.63) is 89.0 Å². The van der Waals surface area contributed by atoms with Crippen LogP contribution in [0.15, 0.2) is 60.9 Å². The van der Waals surface area contributed by atoms with Gasteiger partial charge in [-0.3, -0.25) is 4.98 Å². The quantitative estimate of drug-likeness (QED) is 0.647. The maximum atomic E-state index is 13.8. The normalized spacial score (nSPS) is 12.6. The van der Waals surface area contributed by atoms with Crippen LogP contribution in [0.4, 0.5) is 14.9 Å². The summed E-state index contributed by atoms with van der Waals surface area (Å²) < 4.78 is 24.5. The van der Waals surface area contributed by atoms with E-state index >= 15 is 0 Å². The number of pyridine rings is 1. The third-order valence-electron chi connectivity index (χ3n) is 4.80. The summed E-state index contributed by atoms with van der Waals surface area (Å²) in [7, 11) is 0. The number of hydrogen-bond donors (Lipinski definition) is 2. The van der Waals surface area contributed by atoms with Gasteiger partial charge in [0.2, 0.25) is 0 Å². The summed E-state index contributed by atoms with van der Waals surface area (Å²) in [5.74, 6) is 0.309. The standard InChI is InChI=1S/C23H22FN3O3/c24-20-12-18(22-19(13-20)14-29-15-30-22)7-10-26-23(28)27-21-3-1-16(2-4-21)11-17-5-8-25-9-6-17/h1-6,8-9,12-13H,7,10-11,14-15H2,(H2,26,27,28). The summed E-state index contributed by atoms with van der Waals surface area (Å²) >= 11 is 0. The molecule has 0 aliphatic carbocycles. The number of carbonyl (C=O) groups excluding carboxylic acids is 1. The Morgan fingerprint density at radius 1 is 1.07 bits per heavy atom. The lowest BCUT2D eigenvalue weighted by Crippen LogP contribution is -2.30. The van der Waals surface area contributed by atoms with Crippen molar-refractivity contribution < 1.29 is 18.7 Å². The van der Waals surface area contributed by atoms with Gasteiger partial charge in [-0.05, 0) is 65.9 Å². The number of aromatic nitrogens is 1. The average Bonchev–Trinajstić information content (AvgIpc) is 2.76. The lowest BCUT2D eigenvalue weighted by atomic mass is 10.1. The van der Waals surface area contributed by atoms with Gasteiger partial charge in [0.1, 0.15) is 11.6 Å². The Hall–Kier alpha value is -3.45. The molecule has 2 N–H and O–H groups in total. The molecule has 0 fully saturated rings. The molecule has 1 aliphatic rings. The summed E-state index contributed by atoms with van der Waals surface area (Å²) in [6.07, 6.45) is 4.81. The van der Waals surface area contributed by atoms with Crippen molar-refractivity contribution in [2.75, 3.05) is 18.7 Å². The maximum absolute atomic E-state index is 13.8. The van der Waals surface area contributed by atoms with Crippen molar-refractivity contribution in [1.29, 1.82) is 0 Å². The zero-order chi connectivity index (χ0) is 20.8. The minimum absolute atomic E-state index is 0.150. The topological polar surface area (TPSA) is 72.5 Å². The zero-order valence-electron chi connectivity index (χ0n) is 16.4. The van der Waals surface area contributed by atoms with Crippen LogP contribution in [-0.4, -0.2) is 24.4 Å². The highest BCUT2D eigenvalue weighted by Gasteiger charge is 2.17. The molecule has 2 aromatic carbocycles. The van der Waals surface area contributed by atoms with E-state index in [2.05, 4.69) is 15.6 Å². The zero-order valence-corrected chi connectivity index (χ0v) is 16.4. The van der Waals surface area contributed by atoms with Gasteiger partial charge in [-0.15, -0.1) is 0 Å². The molecule has 0 radical (unpaired) electrons. The van der Waals surface area contributed by atoms with Crippen LogP contribution in [0.5, 0.6) is 5.75 Å². The van der Waals surface area contributed by atoms with Crippen LogP contribution in [0.1, 0.15) is 22.3 Å². The van der Waals surface area contributed by atoms with Crippen LogP contribution in [0.3, 0.4) is 0 Å². The van der Waals surface area contributed by atoms with Crippen LogP contribution >= 0.6 is 0 Å². The molecular formula is C23H22FN3O3. The third kappa shape index (κ3) is 5.12. The molecule has 1 aromatic heterocycles. The first kappa shape index (κ1) is 19.8. The molecule has 2 heterocycles. The molecule has 154 valence electrons. The lowest BCUT2D eigenvalue weighted by molar-refractivity contribution is -0.0172. The van der Waals surface area contributed by atoms with Crippen LogP contribution in [0.2, 0.25) is 0 Å². The monoisotopic (exact) mass is 407 g/mol. The fourth-order valence-corrected chi connectivity index (χ4v) is 3.37. The Kier molecular flexibility index (Phi) is 6.20. The third-order valence-corrected chi connectivity index (χ3v) is 4.80. The molecule has 4 rings (SSSR count). The minimum atomic E-state index is -0.339. The predicted octanol–water partition coefficient (Wildman–Crippen LogP) is 4.04. The van der Waals surface area contributed by atoms with E-state index in [-0.39, 0.29) is 18.6 Å². The first-order valence-corrected chi connectivity index (χ1v) is 9.72. The van der Waals surface area contributed by atoms with Crippen molar-refractivity contribution in [1.82, 2.24) is 10.3 Å². The molecule has 0 saturated heterocycles. The van der Waals surface area contributed by atoms with Gasteiger partial charge in [-0.1, -0.05) is 12.1 Å². The van der Waals surface area contributed by atoms with Crippen molar-refractivity contribution in [2.45, 2.75) is 19.4 Å². The van der Waals surface area contributed by atoms with Crippen molar-refractivity contribution in [3.63, 3.8) is 0 Å². The number of fused-ring (bicyclic) bond motifs is 1. The fourth-order valence-electron chi connectivity index (χ4n) is 3.37. The summed E-state index contributed by atoms with van der Waals surface area (Å²) in [5.41, 5.74) is 4.43. The first-order valence-electron chi connectivity index (χ1n) is 9.72. The highest BCUT2D eigenvalue weighted by molar-refractivity contribution is 5.89. The van der Waals surface area contributed by atoms with E-state index in [0.29, 0.717) is 42.1 Å². The van der Waals surface area contributed by atoms with Gasteiger partial charge in [0.15, 0.2) is 6.79 Å². The molecule has 0 atom stereocenters. The van der Waals surface area contributed by atoms with Gasteiger partial charge < -0.3 is 20.1 Å². The molecule has 7 heteroatoms. The fraction of sp³-hybridized carbons (Fsp3) is 0.217. The Labute approximate surface area is 174 Å². The number of ether oxygens (including phenoxy) is 2. The number of nitrogens with one attached hydrogen (secondary N) is 2. The smallest absolute Gasteiger partial charge is 0.319 e. The number of amides is 2. The number of hydrogen-bond acceptors (Lipinski definition) is 4. The Morgan fingerprint density at radius 3 is 2.63 bits per heavy atom. The van der Waals surface area contributed by atoms with E-state index in [1.54, 1.807) is 12.4 Å². The Bertz CT molecular complexity index is 1010. The molecule has 2 amide bonds. The number of urea groups is 1. The van der Waals surface area contributed by atoms with Gasteiger partial charge in [-0.25, -0.2) is 9.18 Å². The largest absolute Gasteiger partial charge is 0.467 e. The number of rotatable bonds is 6. The number of benzene rings is 2. The number of nitrogens with zero attached hydrogens (tertiary/aromatic N) is 1. The van der Waals surface area contributed by atoms with E-state index in [1.165, 1.54) is 17.7 Å². The first-order chi connectivity index (χ1) is 14.7. The van der Waals surface area contributed by atoms with Crippen molar-refractivity contribution in [3.8, 4) is 5.75 Å². The van der Waals surface area contributed by atoms with Crippen LogP contribution < -0.4 is 15.4 Å². The van der Waals surface area contributed by atoms with Gasteiger partial charge in [0.05, 0.1) is 6.61 Å². The van der Waals surface area contributed by atoms with E-state index < -0.39 is 0 Å². The second-order valence-electron chi connectivity index (χ2n) is 7.02. The average molecular weight is 407 g/mol. The molecule has 6 nitrogen and oxygen atoms in total. The molecular weight excluding hydrogens is 385 g/mol. The summed E-state index contributed by atoms with van der Waals surface area (Å²) in [5, 5.41) is 5.60. The van der Waals surface area contributed by atoms with Gasteiger partial charge >= 0.3 is 6.03 Å². The predicted molar refractivity (Wildman–Crippen MR) is 111 cm³/mol. The van der Waals surface area contributed by atoms with Crippen LogP contribution in [0, 0.1) is 5.82 Å². The van der Waals surface area contributed by atoms with E-state index in [0.717, 1.165) is 12.0 Å². The Morgan fingerprint density at radius 2 is 1.83 bits per heavy atom. The second-order valence-corrected chi connectivity index (χ2v) is 7.02. The van der Waals surface area contributed by atoms with E-state index in [9.17, 15) is 9.18 Å². The summed E-state index contributed by atoms with van der Waals surface area (Å²) in [6, 6.07) is 14.2. The van der Waals surface area contributed by atoms with E-state index in [1.807, 2.05) is 36.4 Å². The lowest BCUT2D eigenvalue weighted by Gasteiger charge is -2.21. The van der Waals surface area contributed by atoms with Gasteiger partial charge in [0.25, 0.3) is 0 Å². The van der Waals surface area contributed by atoms with Crippen LogP contribution in [0.25, 0.3) is 0 Å². The highest BCUT2D eigenvalue weighted by Crippen LogP contribution is 2.29. The van der Waals surface area contributed by atoms with Crippen molar-refractivity contribution >= 4 is 11.7 Å². The second kappa shape index (κ2) is 9.37.